The van der Waals surface area contributed by atoms with Gasteiger partial charge in [0, 0.05) is 5.56 Å². The average molecular weight is 247 g/mol. The molecule has 2 heteroatoms. The zero-order valence-electron chi connectivity index (χ0n) is 12.0. The third-order valence-corrected chi connectivity index (χ3v) is 4.41. The topological polar surface area (TPSA) is 21.3 Å². The number of ether oxygens (including phenoxy) is 1. The number of benzene rings is 1. The van der Waals surface area contributed by atoms with Gasteiger partial charge in [0.1, 0.15) is 5.75 Å². The molecule has 1 aromatic rings. The lowest BCUT2D eigenvalue weighted by Crippen LogP contribution is -2.38. The molecule has 18 heavy (non-hydrogen) atoms. The molecule has 1 saturated heterocycles. The second kappa shape index (κ2) is 5.31. The van der Waals surface area contributed by atoms with Gasteiger partial charge in [-0.05, 0) is 50.3 Å². The number of hydrogen-bond donors (Lipinski definition) is 1. The molecule has 0 aromatic heterocycles. The van der Waals surface area contributed by atoms with E-state index < -0.39 is 0 Å². The van der Waals surface area contributed by atoms with Crippen molar-refractivity contribution in [2.24, 2.45) is 5.92 Å². The van der Waals surface area contributed by atoms with E-state index in [0.717, 1.165) is 24.8 Å². The van der Waals surface area contributed by atoms with Crippen molar-refractivity contribution in [2.75, 3.05) is 20.2 Å². The summed E-state index contributed by atoms with van der Waals surface area (Å²) in [6, 6.07) is 6.52. The maximum atomic E-state index is 5.56. The largest absolute Gasteiger partial charge is 0.496 e. The number of nitrogens with one attached hydrogen (secondary N) is 1. The maximum absolute atomic E-state index is 5.56. The van der Waals surface area contributed by atoms with Gasteiger partial charge < -0.3 is 10.1 Å². The van der Waals surface area contributed by atoms with Crippen LogP contribution >= 0.6 is 0 Å². The molecule has 1 aromatic carbocycles. The lowest BCUT2D eigenvalue weighted by molar-refractivity contribution is 0.240. The normalized spacial score (nSPS) is 17.8. The quantitative estimate of drug-likeness (QED) is 0.885. The van der Waals surface area contributed by atoms with Crippen LogP contribution in [0.3, 0.4) is 0 Å². The summed E-state index contributed by atoms with van der Waals surface area (Å²) in [6.45, 7) is 9.16. The molecule has 0 aliphatic carbocycles. The fraction of sp³-hybridized carbons (Fsp3) is 0.625. The molecule has 0 saturated carbocycles. The summed E-state index contributed by atoms with van der Waals surface area (Å²) >= 11 is 0. The highest BCUT2D eigenvalue weighted by Gasteiger charge is 2.34. The van der Waals surface area contributed by atoms with Gasteiger partial charge >= 0.3 is 0 Å². The van der Waals surface area contributed by atoms with Gasteiger partial charge in [-0.2, -0.15) is 0 Å². The Morgan fingerprint density at radius 2 is 1.89 bits per heavy atom. The van der Waals surface area contributed by atoms with Crippen LogP contribution in [0.1, 0.15) is 37.8 Å². The van der Waals surface area contributed by atoms with E-state index in [2.05, 4.69) is 44.3 Å². The second-order valence-electron chi connectivity index (χ2n) is 5.95. The standard InChI is InChI=1S/C16H25NO/c1-12-5-6-15(18-4)14(11-12)16(2,3)13-7-9-17-10-8-13/h5-6,11,13,17H,7-10H2,1-4H3. The van der Waals surface area contributed by atoms with Crippen LogP contribution in [0.4, 0.5) is 0 Å². The van der Waals surface area contributed by atoms with E-state index in [-0.39, 0.29) is 5.41 Å². The van der Waals surface area contributed by atoms with E-state index >= 15 is 0 Å². The van der Waals surface area contributed by atoms with Gasteiger partial charge in [-0.1, -0.05) is 31.5 Å². The number of hydrogen-bond acceptors (Lipinski definition) is 2. The Morgan fingerprint density at radius 1 is 1.22 bits per heavy atom. The van der Waals surface area contributed by atoms with Crippen LogP contribution in [0.15, 0.2) is 18.2 Å². The Bertz CT molecular complexity index is 406. The molecule has 1 fully saturated rings. The monoisotopic (exact) mass is 247 g/mol. The van der Waals surface area contributed by atoms with Crippen LogP contribution in [0.25, 0.3) is 0 Å². The van der Waals surface area contributed by atoms with Crippen LogP contribution in [-0.4, -0.2) is 20.2 Å². The smallest absolute Gasteiger partial charge is 0.122 e. The van der Waals surface area contributed by atoms with E-state index in [1.54, 1.807) is 7.11 Å². The minimum atomic E-state index is 0.180. The summed E-state index contributed by atoms with van der Waals surface area (Å²) in [6.07, 6.45) is 2.51. The Balaban J connectivity index is 2.35. The molecule has 0 radical (unpaired) electrons. The fourth-order valence-electron chi connectivity index (χ4n) is 3.09. The van der Waals surface area contributed by atoms with Crippen LogP contribution in [0, 0.1) is 12.8 Å². The van der Waals surface area contributed by atoms with Crippen molar-refractivity contribution in [3.63, 3.8) is 0 Å². The molecule has 100 valence electrons. The minimum Gasteiger partial charge on any atom is -0.496 e. The summed E-state index contributed by atoms with van der Waals surface area (Å²) in [5.41, 5.74) is 2.85. The molecule has 0 bridgehead atoms. The van der Waals surface area contributed by atoms with E-state index in [9.17, 15) is 0 Å². The summed E-state index contributed by atoms with van der Waals surface area (Å²) in [5, 5.41) is 3.45. The summed E-state index contributed by atoms with van der Waals surface area (Å²) < 4.78 is 5.56. The predicted octanol–water partition coefficient (Wildman–Crippen LogP) is 3.28. The van der Waals surface area contributed by atoms with Gasteiger partial charge in [-0.25, -0.2) is 0 Å². The first-order chi connectivity index (χ1) is 8.55. The molecule has 0 amide bonds. The molecule has 1 heterocycles. The van der Waals surface area contributed by atoms with Crippen molar-refractivity contribution in [2.45, 2.75) is 39.0 Å². The number of aryl methyl sites for hydroxylation is 1. The highest BCUT2D eigenvalue weighted by atomic mass is 16.5. The Labute approximate surface area is 111 Å². The molecule has 2 rings (SSSR count). The zero-order valence-corrected chi connectivity index (χ0v) is 12.0. The minimum absolute atomic E-state index is 0.180. The van der Waals surface area contributed by atoms with Crippen molar-refractivity contribution < 1.29 is 4.74 Å². The first-order valence-electron chi connectivity index (χ1n) is 6.91. The summed E-state index contributed by atoms with van der Waals surface area (Å²) in [4.78, 5) is 0. The van der Waals surface area contributed by atoms with Gasteiger partial charge in [0.15, 0.2) is 0 Å². The lowest BCUT2D eigenvalue weighted by atomic mass is 9.69. The van der Waals surface area contributed by atoms with Crippen LogP contribution in [0.5, 0.6) is 5.75 Å². The summed E-state index contributed by atoms with van der Waals surface area (Å²) in [7, 11) is 1.77. The Kier molecular flexibility index (Phi) is 3.96. The van der Waals surface area contributed by atoms with Crippen LogP contribution in [0.2, 0.25) is 0 Å². The van der Waals surface area contributed by atoms with E-state index in [0.29, 0.717) is 0 Å². The second-order valence-corrected chi connectivity index (χ2v) is 5.95. The highest BCUT2D eigenvalue weighted by molar-refractivity contribution is 5.42. The molecule has 1 aliphatic rings. The third kappa shape index (κ3) is 2.54. The van der Waals surface area contributed by atoms with Gasteiger partial charge in [0.2, 0.25) is 0 Å². The third-order valence-electron chi connectivity index (χ3n) is 4.41. The van der Waals surface area contributed by atoms with Gasteiger partial charge in [-0.3, -0.25) is 0 Å². The highest BCUT2D eigenvalue weighted by Crippen LogP contribution is 2.41. The zero-order chi connectivity index (χ0) is 13.2. The van der Waals surface area contributed by atoms with Gasteiger partial charge in [0.05, 0.1) is 7.11 Å². The van der Waals surface area contributed by atoms with Crippen molar-refractivity contribution in [1.82, 2.24) is 5.32 Å². The first-order valence-corrected chi connectivity index (χ1v) is 6.91. The van der Waals surface area contributed by atoms with Crippen molar-refractivity contribution in [3.8, 4) is 5.75 Å². The summed E-state index contributed by atoms with van der Waals surface area (Å²) in [5.74, 6) is 1.76. The van der Waals surface area contributed by atoms with Gasteiger partial charge in [-0.15, -0.1) is 0 Å². The van der Waals surface area contributed by atoms with Gasteiger partial charge in [0.25, 0.3) is 0 Å². The average Bonchev–Trinajstić information content (AvgIpc) is 2.39. The van der Waals surface area contributed by atoms with E-state index in [1.165, 1.54) is 24.0 Å². The molecule has 1 N–H and O–H groups in total. The molecule has 1 aliphatic heterocycles. The molecule has 0 atom stereocenters. The van der Waals surface area contributed by atoms with E-state index in [1.807, 2.05) is 0 Å². The number of methoxy groups -OCH3 is 1. The van der Waals surface area contributed by atoms with Crippen LogP contribution in [-0.2, 0) is 5.41 Å². The molecule has 0 spiro atoms. The number of rotatable bonds is 3. The first kappa shape index (κ1) is 13.4. The van der Waals surface area contributed by atoms with E-state index in [4.69, 9.17) is 4.74 Å². The predicted molar refractivity (Wildman–Crippen MR) is 76.4 cm³/mol. The Hall–Kier alpha value is -1.02. The molecular weight excluding hydrogens is 222 g/mol. The fourth-order valence-corrected chi connectivity index (χ4v) is 3.09. The molecule has 0 unspecified atom stereocenters. The van der Waals surface area contributed by atoms with Crippen molar-refractivity contribution in [3.05, 3.63) is 29.3 Å². The van der Waals surface area contributed by atoms with Crippen molar-refractivity contribution >= 4 is 0 Å². The number of piperidine rings is 1. The lowest BCUT2D eigenvalue weighted by Gasteiger charge is -2.38. The molecule has 2 nitrogen and oxygen atoms in total. The van der Waals surface area contributed by atoms with Crippen LogP contribution < -0.4 is 10.1 Å². The molecular formula is C16H25NO. The SMILES string of the molecule is COc1ccc(C)cc1C(C)(C)C1CCNCC1. The maximum Gasteiger partial charge on any atom is 0.122 e. The van der Waals surface area contributed by atoms with Crippen molar-refractivity contribution in [1.29, 1.82) is 0 Å². The Morgan fingerprint density at radius 3 is 2.50 bits per heavy atom.